The molecule has 0 saturated carbocycles. The Morgan fingerprint density at radius 2 is 2.10 bits per heavy atom. The average Bonchev–Trinajstić information content (AvgIpc) is 2.43. The molecule has 104 valence electrons. The fourth-order valence-electron chi connectivity index (χ4n) is 1.45. The smallest absolute Gasteiger partial charge is 0.278 e. The molecule has 1 N–H and O–H groups in total. The van der Waals surface area contributed by atoms with Crippen LogP contribution in [0.1, 0.15) is 0 Å². The zero-order valence-electron chi connectivity index (χ0n) is 10.3. The number of benzene rings is 1. The van der Waals surface area contributed by atoms with Crippen molar-refractivity contribution in [3.63, 3.8) is 0 Å². The van der Waals surface area contributed by atoms with E-state index in [1.165, 1.54) is 12.1 Å². The minimum absolute atomic E-state index is 0.0488. The first-order valence-electron chi connectivity index (χ1n) is 5.47. The van der Waals surface area contributed by atoms with Gasteiger partial charge in [0.2, 0.25) is 5.88 Å². The Bertz CT molecular complexity index is 664. The van der Waals surface area contributed by atoms with Gasteiger partial charge in [-0.15, -0.1) is 0 Å². The Morgan fingerprint density at radius 3 is 2.75 bits per heavy atom. The normalized spacial score (nSPS) is 10.2. The van der Waals surface area contributed by atoms with E-state index in [4.69, 9.17) is 27.9 Å². The van der Waals surface area contributed by atoms with Gasteiger partial charge in [-0.05, 0) is 12.1 Å². The van der Waals surface area contributed by atoms with Crippen LogP contribution in [0.2, 0.25) is 10.0 Å². The number of hydrogen-bond donors (Lipinski definition) is 1. The summed E-state index contributed by atoms with van der Waals surface area (Å²) in [6.45, 7) is 0. The second kappa shape index (κ2) is 5.94. The molecular formula is C12H9Cl2N3O3. The molecule has 0 fully saturated rings. The van der Waals surface area contributed by atoms with Crippen molar-refractivity contribution in [3.05, 3.63) is 50.5 Å². The van der Waals surface area contributed by atoms with Crippen molar-refractivity contribution in [2.24, 2.45) is 0 Å². The van der Waals surface area contributed by atoms with Gasteiger partial charge in [0.1, 0.15) is 16.6 Å². The second-order valence-electron chi connectivity index (χ2n) is 3.71. The van der Waals surface area contributed by atoms with E-state index in [1.807, 2.05) is 0 Å². The van der Waals surface area contributed by atoms with Gasteiger partial charge in [0, 0.05) is 7.05 Å². The summed E-state index contributed by atoms with van der Waals surface area (Å²) in [4.78, 5) is 14.4. The molecule has 2 aromatic rings. The van der Waals surface area contributed by atoms with Crippen molar-refractivity contribution in [1.29, 1.82) is 0 Å². The number of anilines is 1. The van der Waals surface area contributed by atoms with Gasteiger partial charge in [-0.25, -0.2) is 0 Å². The summed E-state index contributed by atoms with van der Waals surface area (Å²) < 4.78 is 5.45. The lowest BCUT2D eigenvalue weighted by Crippen LogP contribution is -1.98. The number of nitrogens with zero attached hydrogens (tertiary/aromatic N) is 2. The van der Waals surface area contributed by atoms with Crippen LogP contribution in [0.4, 0.5) is 11.5 Å². The third-order valence-electron chi connectivity index (χ3n) is 2.38. The fraction of sp³-hybridized carbons (Fsp3) is 0.0833. The number of pyridine rings is 1. The van der Waals surface area contributed by atoms with Crippen LogP contribution in [-0.2, 0) is 0 Å². The van der Waals surface area contributed by atoms with Crippen molar-refractivity contribution in [2.75, 3.05) is 12.4 Å². The van der Waals surface area contributed by atoms with Crippen LogP contribution >= 0.6 is 23.2 Å². The van der Waals surface area contributed by atoms with E-state index in [0.717, 1.165) is 0 Å². The maximum absolute atomic E-state index is 10.8. The monoisotopic (exact) mass is 313 g/mol. The van der Waals surface area contributed by atoms with Gasteiger partial charge in [0.15, 0.2) is 0 Å². The number of rotatable bonds is 4. The Hall–Kier alpha value is -2.05. The molecule has 0 unspecified atom stereocenters. The Balaban J connectivity index is 2.40. The molecular weight excluding hydrogens is 305 g/mol. The predicted octanol–water partition coefficient (Wildman–Crippen LogP) is 4.13. The maximum atomic E-state index is 10.8. The highest BCUT2D eigenvalue weighted by Crippen LogP contribution is 2.35. The van der Waals surface area contributed by atoms with Crippen LogP contribution in [0.15, 0.2) is 30.3 Å². The molecule has 0 aliphatic rings. The lowest BCUT2D eigenvalue weighted by atomic mass is 10.3. The van der Waals surface area contributed by atoms with E-state index in [1.54, 1.807) is 25.2 Å². The number of ether oxygens (including phenoxy) is 1. The highest BCUT2D eigenvalue weighted by Gasteiger charge is 2.14. The van der Waals surface area contributed by atoms with Crippen LogP contribution < -0.4 is 10.1 Å². The van der Waals surface area contributed by atoms with Crippen molar-refractivity contribution in [3.8, 4) is 11.6 Å². The molecule has 6 nitrogen and oxygen atoms in total. The van der Waals surface area contributed by atoms with Gasteiger partial charge < -0.3 is 10.1 Å². The van der Waals surface area contributed by atoms with E-state index in [2.05, 4.69) is 10.3 Å². The topological polar surface area (TPSA) is 77.3 Å². The molecule has 0 spiro atoms. The van der Waals surface area contributed by atoms with E-state index in [0.29, 0.717) is 10.8 Å². The van der Waals surface area contributed by atoms with Gasteiger partial charge >= 0.3 is 0 Å². The molecule has 20 heavy (non-hydrogen) atoms. The molecule has 0 atom stereocenters. The summed E-state index contributed by atoms with van der Waals surface area (Å²) in [7, 11) is 1.60. The zero-order valence-corrected chi connectivity index (χ0v) is 11.8. The van der Waals surface area contributed by atoms with Crippen molar-refractivity contribution in [1.82, 2.24) is 4.98 Å². The van der Waals surface area contributed by atoms with E-state index >= 15 is 0 Å². The predicted molar refractivity (Wildman–Crippen MR) is 77.0 cm³/mol. The number of halogens is 2. The average molecular weight is 314 g/mol. The molecule has 8 heteroatoms. The number of aromatic nitrogens is 1. The first-order valence-corrected chi connectivity index (χ1v) is 6.23. The minimum atomic E-state index is -0.533. The molecule has 2 rings (SSSR count). The third-order valence-corrected chi connectivity index (χ3v) is 3.19. The Labute approximate surface area is 124 Å². The van der Waals surface area contributed by atoms with Gasteiger partial charge in [-0.3, -0.25) is 10.1 Å². The molecule has 1 aromatic heterocycles. The number of nitrogens with one attached hydrogen (secondary N) is 1. The Kier molecular flexibility index (Phi) is 4.26. The largest absolute Gasteiger partial charge is 0.437 e. The summed E-state index contributed by atoms with van der Waals surface area (Å²) >= 11 is 11.9. The molecule has 1 heterocycles. The van der Waals surface area contributed by atoms with Crippen molar-refractivity contribution < 1.29 is 9.66 Å². The summed E-state index contributed by atoms with van der Waals surface area (Å²) in [6, 6.07) is 7.36. The quantitative estimate of drug-likeness (QED) is 0.678. The molecule has 0 aliphatic heterocycles. The first-order chi connectivity index (χ1) is 9.51. The van der Waals surface area contributed by atoms with E-state index in [9.17, 15) is 10.1 Å². The molecule has 0 bridgehead atoms. The van der Waals surface area contributed by atoms with E-state index in [-0.39, 0.29) is 22.3 Å². The zero-order chi connectivity index (χ0) is 14.7. The molecule has 1 aromatic carbocycles. The summed E-state index contributed by atoms with van der Waals surface area (Å²) in [5.74, 6) is 0.634. The number of hydrogen-bond acceptors (Lipinski definition) is 5. The first kappa shape index (κ1) is 14.4. The summed E-state index contributed by atoms with van der Waals surface area (Å²) in [5, 5.41) is 14.1. The Morgan fingerprint density at radius 1 is 1.35 bits per heavy atom. The maximum Gasteiger partial charge on any atom is 0.278 e. The van der Waals surface area contributed by atoms with Crippen molar-refractivity contribution in [2.45, 2.75) is 0 Å². The molecule has 0 aliphatic carbocycles. The summed E-state index contributed by atoms with van der Waals surface area (Å²) in [5.41, 5.74) is -0.141. The molecule has 0 radical (unpaired) electrons. The van der Waals surface area contributed by atoms with Crippen LogP contribution in [0.25, 0.3) is 0 Å². The molecule has 0 amide bonds. The van der Waals surface area contributed by atoms with Gasteiger partial charge in [-0.2, -0.15) is 4.98 Å². The van der Waals surface area contributed by atoms with Gasteiger partial charge in [0.25, 0.3) is 5.69 Å². The lowest BCUT2D eigenvalue weighted by molar-refractivity contribution is -0.384. The number of nitro groups is 1. The second-order valence-corrected chi connectivity index (χ2v) is 4.50. The third kappa shape index (κ3) is 3.09. The van der Waals surface area contributed by atoms with Crippen LogP contribution in [-0.4, -0.2) is 17.0 Å². The van der Waals surface area contributed by atoms with Crippen LogP contribution in [0.3, 0.4) is 0 Å². The van der Waals surface area contributed by atoms with Crippen LogP contribution in [0, 0.1) is 10.1 Å². The van der Waals surface area contributed by atoms with Crippen molar-refractivity contribution >= 4 is 34.7 Å². The highest BCUT2D eigenvalue weighted by atomic mass is 35.5. The van der Waals surface area contributed by atoms with Gasteiger partial charge in [-0.1, -0.05) is 29.3 Å². The van der Waals surface area contributed by atoms with Gasteiger partial charge in [0.05, 0.1) is 22.1 Å². The fourth-order valence-corrected chi connectivity index (χ4v) is 1.78. The molecule has 0 saturated heterocycles. The summed E-state index contributed by atoms with van der Waals surface area (Å²) in [6.07, 6.45) is 0. The lowest BCUT2D eigenvalue weighted by Gasteiger charge is -2.08. The minimum Gasteiger partial charge on any atom is -0.437 e. The van der Waals surface area contributed by atoms with E-state index < -0.39 is 4.92 Å². The highest BCUT2D eigenvalue weighted by molar-refractivity contribution is 6.42. The SMILES string of the molecule is CNc1cc([N+](=O)[O-])cc(Oc2cccc(Cl)c2Cl)n1. The van der Waals surface area contributed by atoms with Crippen LogP contribution in [0.5, 0.6) is 11.6 Å². The standard InChI is InChI=1S/C12H9Cl2N3O3/c1-15-10-5-7(17(18)19)6-11(16-10)20-9-4-2-3-8(13)12(9)14/h2-6H,1H3,(H,15,16).